The third-order valence-electron chi connectivity index (χ3n) is 2.97. The van der Waals surface area contributed by atoms with Gasteiger partial charge in [0.15, 0.2) is 0 Å². The van der Waals surface area contributed by atoms with Crippen molar-refractivity contribution in [2.45, 2.75) is 12.2 Å². The zero-order valence-corrected chi connectivity index (χ0v) is 9.81. The van der Waals surface area contributed by atoms with Crippen LogP contribution in [0.15, 0.2) is 18.2 Å². The molecular weight excluding hydrogens is 240 g/mol. The summed E-state index contributed by atoms with van der Waals surface area (Å²) in [5, 5.41) is 29.7. The molecule has 1 aliphatic heterocycles. The first kappa shape index (κ1) is 12.6. The second-order valence-electron chi connectivity index (χ2n) is 4.15. The molecule has 1 fully saturated rings. The summed E-state index contributed by atoms with van der Waals surface area (Å²) in [4.78, 5) is 11.9. The molecule has 2 unspecified atom stereocenters. The largest absolute Gasteiger partial charge is 0.494 e. The van der Waals surface area contributed by atoms with Gasteiger partial charge >= 0.3 is 0 Å². The van der Waals surface area contributed by atoms with Crippen LogP contribution < -0.4 is 9.64 Å². The van der Waals surface area contributed by atoms with Gasteiger partial charge < -0.3 is 19.8 Å². The minimum atomic E-state index is -0.815. The van der Waals surface area contributed by atoms with Gasteiger partial charge in [0, 0.05) is 19.2 Å². The average Bonchev–Trinajstić information content (AvgIpc) is 2.68. The van der Waals surface area contributed by atoms with Gasteiger partial charge in [0.1, 0.15) is 5.75 Å². The number of nitrogens with zero attached hydrogens (tertiary/aromatic N) is 2. The van der Waals surface area contributed by atoms with Crippen LogP contribution in [-0.4, -0.2) is 47.5 Å². The SMILES string of the molecule is COc1cc([N+](=O)[O-])ccc1N1CC(O)C(O)C1. The van der Waals surface area contributed by atoms with Crippen LogP contribution in [-0.2, 0) is 0 Å². The fourth-order valence-corrected chi connectivity index (χ4v) is 2.01. The number of aliphatic hydroxyl groups excluding tert-OH is 2. The van der Waals surface area contributed by atoms with Gasteiger partial charge in [-0.05, 0) is 6.07 Å². The Balaban J connectivity index is 2.31. The van der Waals surface area contributed by atoms with E-state index in [0.717, 1.165) is 0 Å². The molecule has 1 aromatic carbocycles. The number of benzene rings is 1. The second kappa shape index (κ2) is 4.79. The van der Waals surface area contributed by atoms with Gasteiger partial charge in [-0.25, -0.2) is 0 Å². The lowest BCUT2D eigenvalue weighted by molar-refractivity contribution is -0.384. The van der Waals surface area contributed by atoms with Crippen molar-refractivity contribution in [3.63, 3.8) is 0 Å². The van der Waals surface area contributed by atoms with Crippen LogP contribution in [0.5, 0.6) is 5.75 Å². The van der Waals surface area contributed by atoms with Crippen LogP contribution in [0.3, 0.4) is 0 Å². The number of methoxy groups -OCH3 is 1. The molecule has 1 aromatic rings. The topological polar surface area (TPSA) is 96.1 Å². The van der Waals surface area contributed by atoms with Crippen molar-refractivity contribution in [2.75, 3.05) is 25.1 Å². The van der Waals surface area contributed by atoms with Gasteiger partial charge in [-0.3, -0.25) is 10.1 Å². The smallest absolute Gasteiger partial charge is 0.273 e. The Morgan fingerprint density at radius 2 is 2.00 bits per heavy atom. The lowest BCUT2D eigenvalue weighted by atomic mass is 10.2. The summed E-state index contributed by atoms with van der Waals surface area (Å²) in [5.74, 6) is 0.352. The van der Waals surface area contributed by atoms with E-state index in [1.54, 1.807) is 11.0 Å². The van der Waals surface area contributed by atoms with Gasteiger partial charge in [0.25, 0.3) is 5.69 Å². The number of anilines is 1. The molecule has 1 aliphatic rings. The van der Waals surface area contributed by atoms with Crippen LogP contribution in [0.1, 0.15) is 0 Å². The van der Waals surface area contributed by atoms with Crippen LogP contribution >= 0.6 is 0 Å². The summed E-state index contributed by atoms with van der Waals surface area (Å²) in [5.41, 5.74) is 0.564. The molecule has 0 radical (unpaired) electrons. The number of nitro groups is 1. The Morgan fingerprint density at radius 1 is 1.39 bits per heavy atom. The van der Waals surface area contributed by atoms with E-state index in [-0.39, 0.29) is 18.8 Å². The average molecular weight is 254 g/mol. The van der Waals surface area contributed by atoms with Crippen LogP contribution in [0, 0.1) is 10.1 Å². The third-order valence-corrected chi connectivity index (χ3v) is 2.97. The van der Waals surface area contributed by atoms with E-state index in [2.05, 4.69) is 0 Å². The molecule has 0 aromatic heterocycles. The minimum absolute atomic E-state index is 0.0594. The van der Waals surface area contributed by atoms with Crippen molar-refractivity contribution in [1.29, 1.82) is 0 Å². The van der Waals surface area contributed by atoms with Crippen molar-refractivity contribution in [2.24, 2.45) is 0 Å². The highest BCUT2D eigenvalue weighted by atomic mass is 16.6. The monoisotopic (exact) mass is 254 g/mol. The molecule has 18 heavy (non-hydrogen) atoms. The molecule has 0 bridgehead atoms. The van der Waals surface area contributed by atoms with Crippen LogP contribution in [0.25, 0.3) is 0 Å². The zero-order chi connectivity index (χ0) is 13.3. The third kappa shape index (κ3) is 2.22. The minimum Gasteiger partial charge on any atom is -0.494 e. The first-order valence-corrected chi connectivity index (χ1v) is 5.46. The highest BCUT2D eigenvalue weighted by Crippen LogP contribution is 2.34. The molecule has 0 aliphatic carbocycles. The summed E-state index contributed by atoms with van der Waals surface area (Å²) in [7, 11) is 1.42. The standard InChI is InChI=1S/C11H14N2O5/c1-18-11-4-7(13(16)17)2-3-8(11)12-5-9(14)10(15)6-12/h2-4,9-10,14-15H,5-6H2,1H3. The maximum absolute atomic E-state index is 10.7. The lowest BCUT2D eigenvalue weighted by Gasteiger charge is -2.20. The summed E-state index contributed by atoms with van der Waals surface area (Å²) in [6, 6.07) is 4.25. The van der Waals surface area contributed by atoms with Gasteiger partial charge in [0.2, 0.25) is 0 Å². The molecule has 1 saturated heterocycles. The fraction of sp³-hybridized carbons (Fsp3) is 0.455. The normalized spacial score (nSPS) is 23.2. The zero-order valence-electron chi connectivity index (χ0n) is 9.81. The molecule has 2 atom stereocenters. The molecule has 1 heterocycles. The summed E-state index contributed by atoms with van der Waals surface area (Å²) >= 11 is 0. The van der Waals surface area contributed by atoms with Crippen molar-refractivity contribution < 1.29 is 19.9 Å². The van der Waals surface area contributed by atoms with E-state index in [0.29, 0.717) is 11.4 Å². The Morgan fingerprint density at radius 3 is 2.50 bits per heavy atom. The van der Waals surface area contributed by atoms with E-state index < -0.39 is 17.1 Å². The van der Waals surface area contributed by atoms with Crippen molar-refractivity contribution in [1.82, 2.24) is 0 Å². The van der Waals surface area contributed by atoms with Crippen LogP contribution in [0.4, 0.5) is 11.4 Å². The van der Waals surface area contributed by atoms with Gasteiger partial charge in [-0.1, -0.05) is 0 Å². The summed E-state index contributed by atoms with van der Waals surface area (Å²) < 4.78 is 5.11. The number of hydrogen-bond donors (Lipinski definition) is 2. The Kier molecular flexibility index (Phi) is 3.35. The number of aliphatic hydroxyl groups is 2. The number of ether oxygens (including phenoxy) is 1. The second-order valence-corrected chi connectivity index (χ2v) is 4.15. The van der Waals surface area contributed by atoms with Crippen LogP contribution in [0.2, 0.25) is 0 Å². The fourth-order valence-electron chi connectivity index (χ4n) is 2.01. The number of nitro benzene ring substituents is 1. The van der Waals surface area contributed by atoms with Gasteiger partial charge in [-0.2, -0.15) is 0 Å². The quantitative estimate of drug-likeness (QED) is 0.588. The van der Waals surface area contributed by atoms with Gasteiger partial charge in [0.05, 0.1) is 36.0 Å². The highest BCUT2D eigenvalue weighted by Gasteiger charge is 2.31. The predicted molar refractivity (Wildman–Crippen MR) is 63.9 cm³/mol. The molecule has 2 N–H and O–H groups in total. The van der Waals surface area contributed by atoms with Crippen molar-refractivity contribution >= 4 is 11.4 Å². The molecule has 0 amide bonds. The Hall–Kier alpha value is -1.86. The Labute approximate surface area is 103 Å². The number of hydrogen-bond acceptors (Lipinski definition) is 6. The number of non-ortho nitro benzene ring substituents is 1. The molecule has 98 valence electrons. The lowest BCUT2D eigenvalue weighted by Crippen LogP contribution is -2.22. The molecule has 7 heteroatoms. The maximum atomic E-state index is 10.7. The van der Waals surface area contributed by atoms with E-state index in [1.165, 1.54) is 19.2 Å². The van der Waals surface area contributed by atoms with E-state index in [4.69, 9.17) is 4.74 Å². The van der Waals surface area contributed by atoms with E-state index >= 15 is 0 Å². The molecule has 2 rings (SSSR count). The summed E-state index contributed by atoms with van der Waals surface area (Å²) in [6.45, 7) is 0.546. The number of rotatable bonds is 3. The first-order valence-electron chi connectivity index (χ1n) is 5.46. The summed E-state index contributed by atoms with van der Waals surface area (Å²) in [6.07, 6.45) is -1.63. The van der Waals surface area contributed by atoms with E-state index in [1.807, 2.05) is 0 Å². The van der Waals surface area contributed by atoms with Gasteiger partial charge in [-0.15, -0.1) is 0 Å². The van der Waals surface area contributed by atoms with Crippen molar-refractivity contribution in [3.8, 4) is 5.75 Å². The molecule has 0 saturated carbocycles. The molecule has 0 spiro atoms. The highest BCUT2D eigenvalue weighted by molar-refractivity contribution is 5.63. The van der Waals surface area contributed by atoms with E-state index in [9.17, 15) is 20.3 Å². The Bertz CT molecular complexity index is 455. The predicted octanol–water partition coefficient (Wildman–Crippen LogP) is 0.145. The number of β-amino-alcohol motifs (C(OH)–C–C–N with tert-alkyl or cyclic N) is 2. The molecular formula is C11H14N2O5. The maximum Gasteiger partial charge on any atom is 0.273 e. The molecule has 7 nitrogen and oxygen atoms in total. The van der Waals surface area contributed by atoms with Crippen molar-refractivity contribution in [3.05, 3.63) is 28.3 Å². The first-order chi connectivity index (χ1) is 8.52.